The van der Waals surface area contributed by atoms with Gasteiger partial charge in [0.1, 0.15) is 0 Å². The van der Waals surface area contributed by atoms with Crippen molar-refractivity contribution in [2.45, 2.75) is 45.4 Å². The lowest BCUT2D eigenvalue weighted by Crippen LogP contribution is -2.47. The number of likely N-dealkylation sites (tertiary alicyclic amines) is 2. The van der Waals surface area contributed by atoms with Gasteiger partial charge in [0.05, 0.1) is 19.4 Å². The van der Waals surface area contributed by atoms with E-state index in [4.69, 9.17) is 9.15 Å². The first-order valence-electron chi connectivity index (χ1n) is 10.5. The zero-order valence-corrected chi connectivity index (χ0v) is 17.2. The molecule has 2 aliphatic rings. The van der Waals surface area contributed by atoms with Gasteiger partial charge in [-0.3, -0.25) is 9.59 Å². The van der Waals surface area contributed by atoms with Crippen molar-refractivity contribution >= 4 is 17.9 Å². The molecule has 0 atom stereocenters. The smallest absolute Gasteiger partial charge is 0.409 e. The summed E-state index contributed by atoms with van der Waals surface area (Å²) in [7, 11) is 0. The maximum absolute atomic E-state index is 12.4. The van der Waals surface area contributed by atoms with Crippen LogP contribution in [0.15, 0.2) is 22.8 Å². The first-order chi connectivity index (χ1) is 14.0. The Hall–Kier alpha value is -2.51. The minimum absolute atomic E-state index is 0.0389. The largest absolute Gasteiger partial charge is 0.459 e. The Labute approximate surface area is 171 Å². The molecule has 1 aromatic heterocycles. The number of carbonyl (C=O) groups is 3. The van der Waals surface area contributed by atoms with Gasteiger partial charge in [-0.25, -0.2) is 4.79 Å². The predicted molar refractivity (Wildman–Crippen MR) is 106 cm³/mol. The SMILES string of the molecule is CCCCCOC(=O)N1CCC2(CCN(C(=O)CNC(=O)c3ccco3)CC2)C1. The van der Waals surface area contributed by atoms with E-state index in [1.165, 1.54) is 6.26 Å². The summed E-state index contributed by atoms with van der Waals surface area (Å²) in [5.74, 6) is -0.284. The molecular formula is C21H31N3O5. The van der Waals surface area contributed by atoms with Crippen LogP contribution in [0.1, 0.15) is 56.0 Å². The predicted octanol–water partition coefficient (Wildman–Crippen LogP) is 2.65. The molecule has 160 valence electrons. The number of furan rings is 1. The highest BCUT2D eigenvalue weighted by molar-refractivity contribution is 5.94. The Balaban J connectivity index is 1.39. The molecule has 8 heteroatoms. The molecule has 0 radical (unpaired) electrons. The minimum Gasteiger partial charge on any atom is -0.459 e. The number of amides is 3. The summed E-state index contributed by atoms with van der Waals surface area (Å²) in [5.41, 5.74) is 0.0800. The van der Waals surface area contributed by atoms with E-state index in [-0.39, 0.29) is 35.6 Å². The summed E-state index contributed by atoms with van der Waals surface area (Å²) >= 11 is 0. The lowest BCUT2D eigenvalue weighted by Gasteiger charge is -2.39. The Kier molecular flexibility index (Phi) is 7.17. The van der Waals surface area contributed by atoms with Crippen molar-refractivity contribution in [3.63, 3.8) is 0 Å². The molecule has 0 unspecified atom stereocenters. The van der Waals surface area contributed by atoms with E-state index in [0.717, 1.165) is 45.1 Å². The number of rotatable bonds is 7. The second-order valence-electron chi connectivity index (χ2n) is 8.03. The van der Waals surface area contributed by atoms with E-state index < -0.39 is 0 Å². The molecule has 3 rings (SSSR count). The van der Waals surface area contributed by atoms with Gasteiger partial charge in [-0.1, -0.05) is 19.8 Å². The molecule has 2 fully saturated rings. The van der Waals surface area contributed by atoms with Crippen molar-refractivity contribution < 1.29 is 23.5 Å². The van der Waals surface area contributed by atoms with Gasteiger partial charge in [0.2, 0.25) is 5.91 Å². The van der Waals surface area contributed by atoms with Crippen LogP contribution in [0.25, 0.3) is 0 Å². The first kappa shape index (κ1) is 21.2. The Morgan fingerprint density at radius 1 is 1.14 bits per heavy atom. The summed E-state index contributed by atoms with van der Waals surface area (Å²) in [6.07, 6.45) is 6.98. The van der Waals surface area contributed by atoms with E-state index in [2.05, 4.69) is 12.2 Å². The zero-order valence-electron chi connectivity index (χ0n) is 17.2. The number of nitrogens with one attached hydrogen (secondary N) is 1. The number of carbonyl (C=O) groups excluding carboxylic acids is 3. The summed E-state index contributed by atoms with van der Waals surface area (Å²) in [6, 6.07) is 3.19. The van der Waals surface area contributed by atoms with Crippen molar-refractivity contribution in [3.05, 3.63) is 24.2 Å². The van der Waals surface area contributed by atoms with Gasteiger partial charge in [0, 0.05) is 26.2 Å². The van der Waals surface area contributed by atoms with Crippen LogP contribution in [0, 0.1) is 5.41 Å². The molecule has 2 saturated heterocycles. The summed E-state index contributed by atoms with van der Waals surface area (Å²) in [5, 5.41) is 2.60. The molecule has 3 amide bonds. The quantitative estimate of drug-likeness (QED) is 0.704. The average molecular weight is 405 g/mol. The molecule has 0 bridgehead atoms. The molecule has 1 N–H and O–H groups in total. The fraction of sp³-hybridized carbons (Fsp3) is 0.667. The Morgan fingerprint density at radius 3 is 2.52 bits per heavy atom. The van der Waals surface area contributed by atoms with Crippen LogP contribution < -0.4 is 5.32 Å². The Bertz CT molecular complexity index is 695. The standard InChI is InChI=1S/C21H31N3O5/c1-2-3-4-13-29-20(27)24-12-9-21(16-24)7-10-23(11-8-21)18(25)15-22-19(26)17-6-5-14-28-17/h5-6,14H,2-4,7-13,15-16H2,1H3,(H,22,26). The zero-order chi connectivity index (χ0) is 20.7. The third-order valence-electron chi connectivity index (χ3n) is 5.99. The summed E-state index contributed by atoms with van der Waals surface area (Å²) < 4.78 is 10.4. The number of piperidine rings is 1. The fourth-order valence-corrected chi connectivity index (χ4v) is 4.09. The number of hydrogen-bond donors (Lipinski definition) is 1. The molecule has 29 heavy (non-hydrogen) atoms. The summed E-state index contributed by atoms with van der Waals surface area (Å²) in [4.78, 5) is 40.1. The van der Waals surface area contributed by atoms with Gasteiger partial charge >= 0.3 is 6.09 Å². The van der Waals surface area contributed by atoms with E-state index in [1.54, 1.807) is 17.0 Å². The van der Waals surface area contributed by atoms with Crippen LogP contribution in [0.3, 0.4) is 0 Å². The highest BCUT2D eigenvalue weighted by Gasteiger charge is 2.43. The molecule has 8 nitrogen and oxygen atoms in total. The number of hydrogen-bond acceptors (Lipinski definition) is 5. The van der Waals surface area contributed by atoms with Gasteiger partial charge in [-0.05, 0) is 43.2 Å². The average Bonchev–Trinajstić information content (AvgIpc) is 3.40. The van der Waals surface area contributed by atoms with Gasteiger partial charge in [-0.2, -0.15) is 0 Å². The fourth-order valence-electron chi connectivity index (χ4n) is 4.09. The Morgan fingerprint density at radius 2 is 1.86 bits per heavy atom. The van der Waals surface area contributed by atoms with E-state index in [0.29, 0.717) is 26.2 Å². The van der Waals surface area contributed by atoms with Crippen LogP contribution in [0.2, 0.25) is 0 Å². The lowest BCUT2D eigenvalue weighted by atomic mass is 9.78. The van der Waals surface area contributed by atoms with Crippen LogP contribution in [-0.2, 0) is 9.53 Å². The lowest BCUT2D eigenvalue weighted by molar-refractivity contribution is -0.132. The third-order valence-corrected chi connectivity index (χ3v) is 5.99. The maximum atomic E-state index is 12.4. The van der Waals surface area contributed by atoms with Crippen molar-refractivity contribution in [3.8, 4) is 0 Å². The molecule has 2 aliphatic heterocycles. The van der Waals surface area contributed by atoms with E-state index >= 15 is 0 Å². The van der Waals surface area contributed by atoms with Gasteiger partial charge < -0.3 is 24.3 Å². The van der Waals surface area contributed by atoms with Crippen molar-refractivity contribution in [2.75, 3.05) is 39.3 Å². The first-order valence-corrected chi connectivity index (χ1v) is 10.5. The van der Waals surface area contributed by atoms with E-state index in [9.17, 15) is 14.4 Å². The van der Waals surface area contributed by atoms with Crippen LogP contribution >= 0.6 is 0 Å². The molecule has 0 aromatic carbocycles. The van der Waals surface area contributed by atoms with Crippen molar-refractivity contribution in [1.82, 2.24) is 15.1 Å². The number of ether oxygens (including phenoxy) is 1. The normalized spacial score (nSPS) is 18.1. The van der Waals surface area contributed by atoms with Gasteiger partial charge in [-0.15, -0.1) is 0 Å². The van der Waals surface area contributed by atoms with Crippen LogP contribution in [0.4, 0.5) is 4.79 Å². The van der Waals surface area contributed by atoms with Crippen molar-refractivity contribution in [1.29, 1.82) is 0 Å². The maximum Gasteiger partial charge on any atom is 0.409 e. The molecule has 0 saturated carbocycles. The highest BCUT2D eigenvalue weighted by atomic mass is 16.6. The second-order valence-corrected chi connectivity index (χ2v) is 8.03. The highest BCUT2D eigenvalue weighted by Crippen LogP contribution is 2.40. The molecule has 1 aromatic rings. The molecule has 1 spiro atoms. The molecular weight excluding hydrogens is 374 g/mol. The van der Waals surface area contributed by atoms with Gasteiger partial charge in [0.15, 0.2) is 5.76 Å². The number of unbranched alkanes of at least 4 members (excludes halogenated alkanes) is 2. The van der Waals surface area contributed by atoms with Gasteiger partial charge in [0.25, 0.3) is 5.91 Å². The third kappa shape index (κ3) is 5.52. The molecule has 3 heterocycles. The monoisotopic (exact) mass is 405 g/mol. The number of nitrogens with zero attached hydrogens (tertiary/aromatic N) is 2. The minimum atomic E-state index is -0.388. The topological polar surface area (TPSA) is 92.1 Å². The second kappa shape index (κ2) is 9.80. The van der Waals surface area contributed by atoms with Crippen LogP contribution in [0.5, 0.6) is 0 Å². The molecule has 0 aliphatic carbocycles. The van der Waals surface area contributed by atoms with Crippen LogP contribution in [-0.4, -0.2) is 67.0 Å². The van der Waals surface area contributed by atoms with Crippen molar-refractivity contribution in [2.24, 2.45) is 5.41 Å². The van der Waals surface area contributed by atoms with E-state index in [1.807, 2.05) is 4.90 Å². The summed E-state index contributed by atoms with van der Waals surface area (Å²) in [6.45, 7) is 5.29.